The van der Waals surface area contributed by atoms with Gasteiger partial charge in [0.2, 0.25) is 17.8 Å². The Kier molecular flexibility index (Phi) is 10.4. The molecule has 0 aliphatic carbocycles. The molecule has 3 rings (SSSR count). The standard InChI is InChI=1S/C25H36N10O4/c1-2-3-12-29-24-33-20(27)19-22(34-24)35(25(39)32-19)14-15-7-9-16(10-8-15)23(38)30-13-18(36)31-17(21(28)37)6-4-5-11-26/h7-10,17H,2-6,11-14,26H2,1H3,(H2,28,37)(H,30,38)(H,31,36)(H,32,39)(H3,27,29,33,34). The number of unbranched alkanes of at least 4 members (excludes halogenated alkanes) is 2. The molecule has 10 N–H and O–H groups in total. The fourth-order valence-corrected chi connectivity index (χ4v) is 3.84. The molecule has 0 spiro atoms. The molecule has 210 valence electrons. The Bertz CT molecular complexity index is 1290. The number of fused-ring (bicyclic) bond motifs is 1. The van der Waals surface area contributed by atoms with E-state index in [9.17, 15) is 19.5 Å². The van der Waals surface area contributed by atoms with Crippen LogP contribution in [0.2, 0.25) is 0 Å². The molecule has 0 saturated heterocycles. The molecule has 0 bridgehead atoms. The topological polar surface area (TPSA) is 229 Å². The minimum absolute atomic E-state index is 0.154. The Labute approximate surface area is 225 Å². The number of carbonyl (C=O) groups is 3. The van der Waals surface area contributed by atoms with Crippen molar-refractivity contribution in [1.29, 1.82) is 0 Å². The number of nitrogens with one attached hydrogen (secondary N) is 3. The van der Waals surface area contributed by atoms with Gasteiger partial charge < -0.3 is 38.3 Å². The van der Waals surface area contributed by atoms with Crippen molar-refractivity contribution >= 4 is 40.7 Å². The summed E-state index contributed by atoms with van der Waals surface area (Å²) < 4.78 is 1.50. The van der Waals surface area contributed by atoms with Gasteiger partial charge in [-0.1, -0.05) is 25.5 Å². The van der Waals surface area contributed by atoms with Crippen molar-refractivity contribution in [3.63, 3.8) is 0 Å². The first kappa shape index (κ1) is 29.1. The minimum Gasteiger partial charge on any atom is -0.480 e. The molecule has 3 amide bonds. The zero-order chi connectivity index (χ0) is 28.4. The van der Waals surface area contributed by atoms with Gasteiger partial charge in [-0.25, -0.2) is 0 Å². The summed E-state index contributed by atoms with van der Waals surface area (Å²) in [5.41, 5.74) is 18.6. The molecule has 14 heteroatoms. The van der Waals surface area contributed by atoms with Crippen LogP contribution in [0.5, 0.6) is 6.01 Å². The lowest BCUT2D eigenvalue weighted by Gasteiger charge is -2.15. The Morgan fingerprint density at radius 1 is 1.08 bits per heavy atom. The molecule has 0 aliphatic rings. The maximum Gasteiger partial charge on any atom is 0.296 e. The van der Waals surface area contributed by atoms with E-state index in [1.54, 1.807) is 24.3 Å². The van der Waals surface area contributed by atoms with Crippen LogP contribution in [0.15, 0.2) is 24.3 Å². The van der Waals surface area contributed by atoms with Gasteiger partial charge in [-0.3, -0.25) is 19.0 Å². The average molecular weight is 541 g/mol. The van der Waals surface area contributed by atoms with Crippen molar-refractivity contribution in [3.8, 4) is 6.01 Å². The number of benzene rings is 1. The van der Waals surface area contributed by atoms with Gasteiger partial charge in [-0.15, -0.1) is 0 Å². The third kappa shape index (κ3) is 8.01. The smallest absolute Gasteiger partial charge is 0.296 e. The number of hydrogen-bond acceptors (Lipinski definition) is 10. The summed E-state index contributed by atoms with van der Waals surface area (Å²) in [5.74, 6) is -1.12. The third-order valence-electron chi connectivity index (χ3n) is 6.01. The van der Waals surface area contributed by atoms with Gasteiger partial charge in [-0.05, 0) is 49.9 Å². The molecule has 1 unspecified atom stereocenters. The van der Waals surface area contributed by atoms with E-state index in [-0.39, 0.29) is 24.9 Å². The van der Waals surface area contributed by atoms with Crippen LogP contribution in [0.1, 0.15) is 54.9 Å². The van der Waals surface area contributed by atoms with Gasteiger partial charge in [0.25, 0.3) is 11.9 Å². The number of aromatic hydroxyl groups is 1. The first-order chi connectivity index (χ1) is 18.7. The number of nitrogen functional groups attached to an aromatic ring is 1. The molecular weight excluding hydrogens is 504 g/mol. The SMILES string of the molecule is CCCCNc1nc(N)c2nc(O)n(Cc3ccc(C(=O)NCC(=O)NC(CCCCN)C(N)=O)cc3)c2n1. The zero-order valence-corrected chi connectivity index (χ0v) is 21.9. The van der Waals surface area contributed by atoms with Gasteiger partial charge >= 0.3 is 0 Å². The highest BCUT2D eigenvalue weighted by atomic mass is 16.3. The lowest BCUT2D eigenvalue weighted by atomic mass is 10.1. The van der Waals surface area contributed by atoms with Crippen molar-refractivity contribution in [2.45, 2.75) is 51.6 Å². The maximum absolute atomic E-state index is 12.5. The van der Waals surface area contributed by atoms with E-state index in [4.69, 9.17) is 17.2 Å². The van der Waals surface area contributed by atoms with Crippen LogP contribution in [0.3, 0.4) is 0 Å². The first-order valence-electron chi connectivity index (χ1n) is 12.9. The predicted octanol–water partition coefficient (Wildman–Crippen LogP) is 0.203. The summed E-state index contributed by atoms with van der Waals surface area (Å²) in [7, 11) is 0. The van der Waals surface area contributed by atoms with Crippen molar-refractivity contribution in [3.05, 3.63) is 35.4 Å². The molecule has 2 heterocycles. The monoisotopic (exact) mass is 540 g/mol. The molecule has 39 heavy (non-hydrogen) atoms. The molecule has 0 fully saturated rings. The second kappa shape index (κ2) is 13.9. The van der Waals surface area contributed by atoms with E-state index in [1.165, 1.54) is 4.57 Å². The van der Waals surface area contributed by atoms with Gasteiger partial charge in [0.05, 0.1) is 13.1 Å². The molecule has 0 saturated carbocycles. The lowest BCUT2D eigenvalue weighted by molar-refractivity contribution is -0.126. The lowest BCUT2D eigenvalue weighted by Crippen LogP contribution is -2.47. The van der Waals surface area contributed by atoms with Crippen molar-refractivity contribution in [2.24, 2.45) is 11.5 Å². The average Bonchev–Trinajstić information content (AvgIpc) is 3.22. The van der Waals surface area contributed by atoms with E-state index in [2.05, 4.69) is 37.8 Å². The molecule has 0 aliphatic heterocycles. The number of anilines is 2. The predicted molar refractivity (Wildman–Crippen MR) is 147 cm³/mol. The summed E-state index contributed by atoms with van der Waals surface area (Å²) in [4.78, 5) is 49.1. The van der Waals surface area contributed by atoms with Gasteiger partial charge in [-0.2, -0.15) is 15.0 Å². The molecule has 14 nitrogen and oxygen atoms in total. The Balaban J connectivity index is 1.61. The summed E-state index contributed by atoms with van der Waals surface area (Å²) in [5, 5.41) is 18.6. The van der Waals surface area contributed by atoms with Crippen molar-refractivity contribution < 1.29 is 19.5 Å². The van der Waals surface area contributed by atoms with Crippen molar-refractivity contribution in [2.75, 3.05) is 30.7 Å². The summed E-state index contributed by atoms with van der Waals surface area (Å²) in [6, 6.07) is 5.54. The second-order valence-electron chi connectivity index (χ2n) is 9.07. The Morgan fingerprint density at radius 3 is 2.49 bits per heavy atom. The van der Waals surface area contributed by atoms with Crippen LogP contribution >= 0.6 is 0 Å². The van der Waals surface area contributed by atoms with Crippen LogP contribution in [0.4, 0.5) is 11.8 Å². The number of aromatic nitrogens is 4. The number of hydrogen-bond donors (Lipinski definition) is 7. The molecule has 1 atom stereocenters. The highest BCUT2D eigenvalue weighted by Gasteiger charge is 2.19. The van der Waals surface area contributed by atoms with Crippen molar-refractivity contribution in [1.82, 2.24) is 30.2 Å². The number of amides is 3. The fourth-order valence-electron chi connectivity index (χ4n) is 3.84. The summed E-state index contributed by atoms with van der Waals surface area (Å²) >= 11 is 0. The van der Waals surface area contributed by atoms with E-state index < -0.39 is 23.8 Å². The Morgan fingerprint density at radius 2 is 1.82 bits per heavy atom. The quantitative estimate of drug-likeness (QED) is 0.129. The highest BCUT2D eigenvalue weighted by molar-refractivity contribution is 5.97. The zero-order valence-electron chi connectivity index (χ0n) is 21.9. The van der Waals surface area contributed by atoms with Gasteiger partial charge in [0.1, 0.15) is 6.04 Å². The van der Waals surface area contributed by atoms with E-state index in [0.717, 1.165) is 18.4 Å². The fraction of sp³-hybridized carbons (Fsp3) is 0.440. The van der Waals surface area contributed by atoms with E-state index in [0.29, 0.717) is 55.0 Å². The Hall–Kier alpha value is -4.46. The van der Waals surface area contributed by atoms with E-state index in [1.807, 2.05) is 0 Å². The number of primary amides is 1. The minimum atomic E-state index is -0.820. The van der Waals surface area contributed by atoms with Crippen LogP contribution in [0.25, 0.3) is 11.2 Å². The number of carbonyl (C=O) groups excluding carboxylic acids is 3. The molecule has 1 aromatic carbocycles. The normalized spacial score (nSPS) is 11.7. The number of rotatable bonds is 15. The maximum atomic E-state index is 12.5. The molecular formula is C25H36N10O4. The summed E-state index contributed by atoms with van der Waals surface area (Å²) in [6.07, 6.45) is 3.69. The number of nitrogens with zero attached hydrogens (tertiary/aromatic N) is 4. The number of imidazole rings is 1. The third-order valence-corrected chi connectivity index (χ3v) is 6.01. The van der Waals surface area contributed by atoms with Gasteiger partial charge in [0.15, 0.2) is 17.0 Å². The van der Waals surface area contributed by atoms with Crippen LogP contribution in [-0.2, 0) is 16.1 Å². The molecule has 0 radical (unpaired) electrons. The van der Waals surface area contributed by atoms with Crippen LogP contribution in [-0.4, -0.2) is 68.0 Å². The number of nitrogens with two attached hydrogens (primary N) is 3. The molecule has 3 aromatic rings. The molecule has 2 aromatic heterocycles. The van der Waals surface area contributed by atoms with Crippen LogP contribution in [0, 0.1) is 0 Å². The second-order valence-corrected chi connectivity index (χ2v) is 9.07. The van der Waals surface area contributed by atoms with E-state index >= 15 is 0 Å². The van der Waals surface area contributed by atoms with Crippen LogP contribution < -0.4 is 33.2 Å². The largest absolute Gasteiger partial charge is 0.480 e. The van der Waals surface area contributed by atoms with Gasteiger partial charge in [0, 0.05) is 12.1 Å². The first-order valence-corrected chi connectivity index (χ1v) is 12.9. The highest BCUT2D eigenvalue weighted by Crippen LogP contribution is 2.25. The summed E-state index contributed by atoms with van der Waals surface area (Å²) in [6.45, 7) is 3.15.